The van der Waals surface area contributed by atoms with Crippen molar-refractivity contribution >= 4 is 5.91 Å². The quantitative estimate of drug-likeness (QED) is 0.899. The molecule has 1 amide bonds. The second kappa shape index (κ2) is 6.79. The molecule has 22 heavy (non-hydrogen) atoms. The molecule has 1 aromatic rings. The average Bonchev–Trinajstić information content (AvgIpc) is 2.52. The number of amides is 1. The second-order valence-corrected chi connectivity index (χ2v) is 5.22. The predicted molar refractivity (Wildman–Crippen MR) is 73.6 cm³/mol. The first-order valence-corrected chi connectivity index (χ1v) is 7.00. The minimum Gasteiger partial charge on any atom is -0.352 e. The zero-order valence-electron chi connectivity index (χ0n) is 11.8. The van der Waals surface area contributed by atoms with Crippen LogP contribution in [0.5, 0.6) is 0 Å². The number of hydrogen-bond donors (Lipinski definition) is 2. The van der Waals surface area contributed by atoms with Crippen molar-refractivity contribution in [1.29, 1.82) is 5.26 Å². The smallest absolute Gasteiger partial charge is 0.352 e. The first kappa shape index (κ1) is 16.3. The van der Waals surface area contributed by atoms with Gasteiger partial charge in [0.05, 0.1) is 17.2 Å². The minimum absolute atomic E-state index is 0.0335. The summed E-state index contributed by atoms with van der Waals surface area (Å²) in [5.74, 6) is -0.382. The molecular weight excluding hydrogens is 295 g/mol. The third kappa shape index (κ3) is 3.98. The van der Waals surface area contributed by atoms with E-state index in [4.69, 9.17) is 5.26 Å². The number of hydrogen-bond acceptors (Lipinski definition) is 3. The number of nitriles is 1. The summed E-state index contributed by atoms with van der Waals surface area (Å²) in [6.45, 7) is 1.29. The fraction of sp³-hybridized carbons (Fsp3) is 0.467. The summed E-state index contributed by atoms with van der Waals surface area (Å²) < 4.78 is 39.0. The maximum atomic E-state index is 13.0. The summed E-state index contributed by atoms with van der Waals surface area (Å²) in [6.07, 6.45) is -3.18. The molecule has 0 aliphatic carbocycles. The lowest BCUT2D eigenvalue weighted by atomic mass is 9.97. The summed E-state index contributed by atoms with van der Waals surface area (Å²) in [5, 5.41) is 14.4. The zero-order valence-corrected chi connectivity index (χ0v) is 11.8. The summed E-state index contributed by atoms with van der Waals surface area (Å²) in [6, 6.07) is 5.06. The van der Waals surface area contributed by atoms with E-state index in [1.807, 2.05) is 0 Å². The molecule has 1 aliphatic heterocycles. The van der Waals surface area contributed by atoms with E-state index >= 15 is 0 Å². The standard InChI is InChI=1S/C15H16F3N3O/c16-15(17,18)13-7-10(8-19)1-2-12(13)9-21-14(22)11-3-5-20-6-4-11/h1-2,7,11,20H,3-6,9H2,(H,21,22). The minimum atomic E-state index is -4.55. The Kier molecular flexibility index (Phi) is 5.03. The molecule has 0 aromatic heterocycles. The molecule has 1 aromatic carbocycles. The van der Waals surface area contributed by atoms with Gasteiger partial charge >= 0.3 is 6.18 Å². The fourth-order valence-electron chi connectivity index (χ4n) is 2.47. The number of carbonyl (C=O) groups is 1. The van der Waals surface area contributed by atoms with Crippen LogP contribution in [0.3, 0.4) is 0 Å². The Bertz CT molecular complexity index is 587. The molecule has 0 spiro atoms. The Balaban J connectivity index is 2.09. The molecular formula is C15H16F3N3O. The zero-order chi connectivity index (χ0) is 16.2. The lowest BCUT2D eigenvalue weighted by Crippen LogP contribution is -2.38. The van der Waals surface area contributed by atoms with Gasteiger partial charge in [0.2, 0.25) is 5.91 Å². The van der Waals surface area contributed by atoms with Gasteiger partial charge in [-0.3, -0.25) is 4.79 Å². The van der Waals surface area contributed by atoms with Crippen molar-refractivity contribution in [3.63, 3.8) is 0 Å². The summed E-state index contributed by atoms with van der Waals surface area (Å²) in [7, 11) is 0. The van der Waals surface area contributed by atoms with E-state index in [-0.39, 0.29) is 29.5 Å². The van der Waals surface area contributed by atoms with Crippen molar-refractivity contribution < 1.29 is 18.0 Å². The van der Waals surface area contributed by atoms with Crippen LogP contribution in [0, 0.1) is 17.2 Å². The van der Waals surface area contributed by atoms with Gasteiger partial charge in [-0.2, -0.15) is 18.4 Å². The van der Waals surface area contributed by atoms with E-state index in [0.29, 0.717) is 12.8 Å². The van der Waals surface area contributed by atoms with Gasteiger partial charge in [0.1, 0.15) is 0 Å². The van der Waals surface area contributed by atoms with Crippen LogP contribution in [0.15, 0.2) is 18.2 Å². The molecule has 1 aliphatic rings. The number of carbonyl (C=O) groups excluding carboxylic acids is 1. The van der Waals surface area contributed by atoms with Crippen molar-refractivity contribution in [3.05, 3.63) is 34.9 Å². The molecule has 4 nitrogen and oxygen atoms in total. The number of nitrogens with zero attached hydrogens (tertiary/aromatic N) is 1. The van der Waals surface area contributed by atoms with Crippen LogP contribution in [-0.2, 0) is 17.5 Å². The Morgan fingerprint density at radius 1 is 1.36 bits per heavy atom. The van der Waals surface area contributed by atoms with Gasteiger partial charge in [-0.1, -0.05) is 6.07 Å². The van der Waals surface area contributed by atoms with Gasteiger partial charge in [0.15, 0.2) is 0 Å². The van der Waals surface area contributed by atoms with Crippen molar-refractivity contribution in [2.24, 2.45) is 5.92 Å². The summed E-state index contributed by atoms with van der Waals surface area (Å²) in [5.41, 5.74) is -0.966. The molecule has 2 rings (SSSR count). The molecule has 0 bridgehead atoms. The lowest BCUT2D eigenvalue weighted by Gasteiger charge is -2.22. The van der Waals surface area contributed by atoms with E-state index in [2.05, 4.69) is 10.6 Å². The highest BCUT2D eigenvalue weighted by Gasteiger charge is 2.33. The molecule has 1 fully saturated rings. The molecule has 0 saturated carbocycles. The van der Waals surface area contributed by atoms with Gasteiger partial charge in [-0.25, -0.2) is 0 Å². The van der Waals surface area contributed by atoms with E-state index in [9.17, 15) is 18.0 Å². The Morgan fingerprint density at radius 3 is 2.64 bits per heavy atom. The highest BCUT2D eigenvalue weighted by Crippen LogP contribution is 2.32. The number of rotatable bonds is 3. The van der Waals surface area contributed by atoms with Crippen molar-refractivity contribution in [3.8, 4) is 6.07 Å². The Hall–Kier alpha value is -2.07. The Morgan fingerprint density at radius 2 is 2.05 bits per heavy atom. The average molecular weight is 311 g/mol. The summed E-state index contributed by atoms with van der Waals surface area (Å²) in [4.78, 5) is 12.0. The summed E-state index contributed by atoms with van der Waals surface area (Å²) >= 11 is 0. The number of piperidine rings is 1. The van der Waals surface area contributed by atoms with E-state index in [0.717, 1.165) is 19.2 Å². The number of halogens is 3. The van der Waals surface area contributed by atoms with Crippen LogP contribution in [0.4, 0.5) is 13.2 Å². The number of benzene rings is 1. The van der Waals surface area contributed by atoms with Gasteiger partial charge < -0.3 is 10.6 Å². The molecule has 1 heterocycles. The SMILES string of the molecule is N#Cc1ccc(CNC(=O)C2CCNCC2)c(C(F)(F)F)c1. The lowest BCUT2D eigenvalue weighted by molar-refractivity contribution is -0.138. The molecule has 7 heteroatoms. The molecule has 0 atom stereocenters. The maximum absolute atomic E-state index is 13.0. The second-order valence-electron chi connectivity index (χ2n) is 5.22. The third-order valence-corrected chi connectivity index (χ3v) is 3.71. The van der Waals surface area contributed by atoms with Crippen LogP contribution < -0.4 is 10.6 Å². The first-order valence-electron chi connectivity index (χ1n) is 7.00. The van der Waals surface area contributed by atoms with Crippen LogP contribution in [0.1, 0.15) is 29.5 Å². The Labute approximate surface area is 126 Å². The first-order chi connectivity index (χ1) is 10.4. The van der Waals surface area contributed by atoms with Crippen molar-refractivity contribution in [1.82, 2.24) is 10.6 Å². The highest BCUT2D eigenvalue weighted by atomic mass is 19.4. The predicted octanol–water partition coefficient (Wildman–Crippen LogP) is 2.19. The number of alkyl halides is 3. The normalized spacial score (nSPS) is 16.1. The van der Waals surface area contributed by atoms with Crippen molar-refractivity contribution in [2.45, 2.75) is 25.6 Å². The molecule has 118 valence electrons. The van der Waals surface area contributed by atoms with Gasteiger partial charge in [0.25, 0.3) is 0 Å². The number of nitrogens with one attached hydrogen (secondary N) is 2. The molecule has 0 radical (unpaired) electrons. The van der Waals surface area contributed by atoms with E-state index < -0.39 is 11.7 Å². The van der Waals surface area contributed by atoms with Crippen LogP contribution in [0.2, 0.25) is 0 Å². The third-order valence-electron chi connectivity index (χ3n) is 3.71. The topological polar surface area (TPSA) is 64.9 Å². The van der Waals surface area contributed by atoms with Crippen molar-refractivity contribution in [2.75, 3.05) is 13.1 Å². The van der Waals surface area contributed by atoms with Gasteiger partial charge in [0, 0.05) is 12.5 Å². The highest BCUT2D eigenvalue weighted by molar-refractivity contribution is 5.78. The van der Waals surface area contributed by atoms with Gasteiger partial charge in [-0.05, 0) is 43.6 Å². The molecule has 1 saturated heterocycles. The van der Waals surface area contributed by atoms with E-state index in [1.165, 1.54) is 12.1 Å². The van der Waals surface area contributed by atoms with Gasteiger partial charge in [-0.15, -0.1) is 0 Å². The van der Waals surface area contributed by atoms with Crippen LogP contribution in [-0.4, -0.2) is 19.0 Å². The molecule has 2 N–H and O–H groups in total. The van der Waals surface area contributed by atoms with Crippen LogP contribution >= 0.6 is 0 Å². The largest absolute Gasteiger partial charge is 0.416 e. The monoisotopic (exact) mass is 311 g/mol. The van der Waals surface area contributed by atoms with E-state index in [1.54, 1.807) is 6.07 Å². The molecule has 0 unspecified atom stereocenters. The maximum Gasteiger partial charge on any atom is 0.416 e. The van der Waals surface area contributed by atoms with Crippen LogP contribution in [0.25, 0.3) is 0 Å². The fourth-order valence-corrected chi connectivity index (χ4v) is 2.47.